The molecule has 0 fully saturated rings. The second-order valence-corrected chi connectivity index (χ2v) is 5.15. The van der Waals surface area contributed by atoms with Crippen LogP contribution in [0, 0.1) is 7.14 Å². The van der Waals surface area contributed by atoms with E-state index in [1.54, 1.807) is 12.5 Å². The van der Waals surface area contributed by atoms with Gasteiger partial charge in [-0.1, -0.05) is 12.1 Å². The fourth-order valence-corrected chi connectivity index (χ4v) is 2.05. The van der Waals surface area contributed by atoms with Crippen LogP contribution in [0.2, 0.25) is 0 Å². The molecule has 0 unspecified atom stereocenters. The molecule has 0 spiro atoms. The van der Waals surface area contributed by atoms with E-state index in [1.807, 2.05) is 18.2 Å². The maximum Gasteiger partial charge on any atom is 0.147 e. The Bertz CT molecular complexity index is 430. The number of aromatic nitrogens is 2. The van der Waals surface area contributed by atoms with E-state index < -0.39 is 0 Å². The highest BCUT2D eigenvalue weighted by atomic mass is 127. The molecule has 15 heavy (non-hydrogen) atoms. The largest absolute Gasteiger partial charge is 0.338 e. The highest BCUT2D eigenvalue weighted by Gasteiger charge is 2.03. The molecule has 0 saturated heterocycles. The summed E-state index contributed by atoms with van der Waals surface area (Å²) in [6, 6.07) is 8.09. The quantitative estimate of drug-likeness (QED) is 0.753. The molecule has 76 valence electrons. The summed E-state index contributed by atoms with van der Waals surface area (Å²) < 4.78 is 2.18. The molecule has 2 rings (SSSR count). The first-order valence-electron chi connectivity index (χ1n) is 4.24. The van der Waals surface area contributed by atoms with Gasteiger partial charge in [0.05, 0.1) is 9.26 Å². The SMILES string of the molecule is Ic1ccccc1Nc1ncncc1I. The van der Waals surface area contributed by atoms with Gasteiger partial charge in [-0.25, -0.2) is 9.97 Å². The Balaban J connectivity index is 2.30. The van der Waals surface area contributed by atoms with Crippen LogP contribution in [0.4, 0.5) is 11.5 Å². The Kier molecular flexibility index (Phi) is 3.73. The van der Waals surface area contributed by atoms with Crippen LogP contribution in [0.1, 0.15) is 0 Å². The van der Waals surface area contributed by atoms with Crippen LogP contribution in [0.25, 0.3) is 0 Å². The summed E-state index contributed by atoms with van der Waals surface area (Å²) in [5.74, 6) is 0.842. The first-order chi connectivity index (χ1) is 7.27. The lowest BCUT2D eigenvalue weighted by molar-refractivity contribution is 1.15. The summed E-state index contributed by atoms with van der Waals surface area (Å²) in [5, 5.41) is 3.27. The van der Waals surface area contributed by atoms with Gasteiger partial charge in [0.1, 0.15) is 12.1 Å². The van der Waals surface area contributed by atoms with Crippen LogP contribution in [-0.2, 0) is 0 Å². The number of benzene rings is 1. The van der Waals surface area contributed by atoms with Gasteiger partial charge in [-0.3, -0.25) is 0 Å². The van der Waals surface area contributed by atoms with Crippen molar-refractivity contribution in [3.05, 3.63) is 43.9 Å². The van der Waals surface area contributed by atoms with Gasteiger partial charge in [0, 0.05) is 9.77 Å². The van der Waals surface area contributed by atoms with E-state index in [2.05, 4.69) is 66.5 Å². The van der Waals surface area contributed by atoms with Gasteiger partial charge in [-0.2, -0.15) is 0 Å². The number of halogens is 2. The highest BCUT2D eigenvalue weighted by molar-refractivity contribution is 14.1. The smallest absolute Gasteiger partial charge is 0.147 e. The molecule has 0 bridgehead atoms. The molecule has 3 nitrogen and oxygen atoms in total. The van der Waals surface area contributed by atoms with E-state index in [9.17, 15) is 0 Å². The molecule has 1 heterocycles. The van der Waals surface area contributed by atoms with Crippen LogP contribution < -0.4 is 5.32 Å². The van der Waals surface area contributed by atoms with Crippen molar-refractivity contribution in [1.82, 2.24) is 9.97 Å². The molecule has 0 saturated carbocycles. The number of hydrogen-bond donors (Lipinski definition) is 1. The molecule has 2 aromatic rings. The number of nitrogens with zero attached hydrogens (tertiary/aromatic N) is 2. The molecule has 0 aliphatic carbocycles. The number of hydrogen-bond acceptors (Lipinski definition) is 3. The first-order valence-corrected chi connectivity index (χ1v) is 6.40. The highest BCUT2D eigenvalue weighted by Crippen LogP contribution is 2.23. The molecule has 0 amide bonds. The molecular formula is C10H7I2N3. The molecule has 0 atom stereocenters. The van der Waals surface area contributed by atoms with Gasteiger partial charge in [0.2, 0.25) is 0 Å². The normalized spacial score (nSPS) is 10.0. The summed E-state index contributed by atoms with van der Waals surface area (Å²) in [4.78, 5) is 8.13. The van der Waals surface area contributed by atoms with Crippen LogP contribution in [-0.4, -0.2) is 9.97 Å². The third-order valence-electron chi connectivity index (χ3n) is 1.79. The summed E-state index contributed by atoms with van der Waals surface area (Å²) in [5.41, 5.74) is 1.06. The van der Waals surface area contributed by atoms with E-state index in [0.29, 0.717) is 0 Å². The molecule has 0 aliphatic rings. The van der Waals surface area contributed by atoms with Crippen LogP contribution in [0.5, 0.6) is 0 Å². The lowest BCUT2D eigenvalue weighted by Gasteiger charge is -2.08. The standard InChI is InChI=1S/C10H7I2N3/c11-7-3-1-2-4-9(7)15-10-8(12)5-13-6-14-10/h1-6H,(H,13,14,15). The van der Waals surface area contributed by atoms with Crippen molar-refractivity contribution < 1.29 is 0 Å². The first kappa shape index (κ1) is 11.1. The zero-order valence-electron chi connectivity index (χ0n) is 7.61. The Labute approximate surface area is 115 Å². The predicted molar refractivity (Wildman–Crippen MR) is 77.2 cm³/mol. The molecule has 1 aromatic carbocycles. The lowest BCUT2D eigenvalue weighted by atomic mass is 10.3. The van der Waals surface area contributed by atoms with Crippen LogP contribution in [0.3, 0.4) is 0 Å². The van der Waals surface area contributed by atoms with Gasteiger partial charge in [-0.15, -0.1) is 0 Å². The van der Waals surface area contributed by atoms with E-state index >= 15 is 0 Å². The van der Waals surface area contributed by atoms with E-state index in [4.69, 9.17) is 0 Å². The monoisotopic (exact) mass is 423 g/mol. The van der Waals surface area contributed by atoms with Crippen molar-refractivity contribution in [2.45, 2.75) is 0 Å². The molecular weight excluding hydrogens is 416 g/mol. The Morgan fingerprint density at radius 1 is 1.07 bits per heavy atom. The van der Waals surface area contributed by atoms with Gasteiger partial charge >= 0.3 is 0 Å². The minimum Gasteiger partial charge on any atom is -0.338 e. The molecule has 5 heteroatoms. The zero-order chi connectivity index (χ0) is 10.7. The second kappa shape index (κ2) is 5.06. The summed E-state index contributed by atoms with van der Waals surface area (Å²) in [6.45, 7) is 0. The predicted octanol–water partition coefficient (Wildman–Crippen LogP) is 3.43. The van der Waals surface area contributed by atoms with Gasteiger partial charge in [-0.05, 0) is 57.3 Å². The maximum absolute atomic E-state index is 4.18. The molecule has 1 N–H and O–H groups in total. The minimum absolute atomic E-state index is 0.842. The van der Waals surface area contributed by atoms with Gasteiger partial charge < -0.3 is 5.32 Å². The summed E-state index contributed by atoms with van der Waals surface area (Å²) in [7, 11) is 0. The van der Waals surface area contributed by atoms with Gasteiger partial charge in [0.15, 0.2) is 0 Å². The number of para-hydroxylation sites is 1. The molecule has 0 aliphatic heterocycles. The van der Waals surface area contributed by atoms with E-state index in [1.165, 1.54) is 3.57 Å². The lowest BCUT2D eigenvalue weighted by Crippen LogP contribution is -1.98. The third-order valence-corrected chi connectivity index (χ3v) is 3.52. The van der Waals surface area contributed by atoms with E-state index in [-0.39, 0.29) is 0 Å². The zero-order valence-corrected chi connectivity index (χ0v) is 11.9. The Morgan fingerprint density at radius 3 is 2.60 bits per heavy atom. The van der Waals surface area contributed by atoms with Crippen molar-refractivity contribution in [1.29, 1.82) is 0 Å². The fourth-order valence-electron chi connectivity index (χ4n) is 1.09. The molecule has 0 radical (unpaired) electrons. The Hall–Kier alpha value is -0.440. The second-order valence-electron chi connectivity index (χ2n) is 2.82. The van der Waals surface area contributed by atoms with Crippen molar-refractivity contribution >= 4 is 56.7 Å². The van der Waals surface area contributed by atoms with Crippen LogP contribution >= 0.6 is 45.2 Å². The van der Waals surface area contributed by atoms with Crippen LogP contribution in [0.15, 0.2) is 36.8 Å². The number of nitrogens with one attached hydrogen (secondary N) is 1. The number of rotatable bonds is 2. The average molecular weight is 423 g/mol. The summed E-state index contributed by atoms with van der Waals surface area (Å²) in [6.07, 6.45) is 3.33. The topological polar surface area (TPSA) is 37.8 Å². The van der Waals surface area contributed by atoms with Crippen molar-refractivity contribution in [3.63, 3.8) is 0 Å². The average Bonchev–Trinajstić information content (AvgIpc) is 2.24. The Morgan fingerprint density at radius 2 is 1.87 bits per heavy atom. The number of anilines is 2. The van der Waals surface area contributed by atoms with Crippen molar-refractivity contribution in [2.75, 3.05) is 5.32 Å². The summed E-state index contributed by atoms with van der Waals surface area (Å²) >= 11 is 4.50. The molecule has 1 aromatic heterocycles. The van der Waals surface area contributed by atoms with Crippen molar-refractivity contribution in [3.8, 4) is 0 Å². The maximum atomic E-state index is 4.18. The third kappa shape index (κ3) is 2.77. The van der Waals surface area contributed by atoms with E-state index in [0.717, 1.165) is 15.1 Å². The fraction of sp³-hybridized carbons (Fsp3) is 0. The van der Waals surface area contributed by atoms with Gasteiger partial charge in [0.25, 0.3) is 0 Å². The van der Waals surface area contributed by atoms with Crippen molar-refractivity contribution in [2.24, 2.45) is 0 Å². The minimum atomic E-state index is 0.842.